The van der Waals surface area contributed by atoms with Crippen molar-refractivity contribution in [3.8, 4) is 11.3 Å². The molecular formula is C20H28N6O2. The smallest absolute Gasteiger partial charge is 0.311 e. The fourth-order valence-electron chi connectivity index (χ4n) is 3.64. The lowest BCUT2D eigenvalue weighted by atomic mass is 10.0. The van der Waals surface area contributed by atoms with Gasteiger partial charge in [0, 0.05) is 42.9 Å². The first-order valence-corrected chi connectivity index (χ1v) is 9.65. The molecule has 8 heteroatoms. The van der Waals surface area contributed by atoms with Crippen LogP contribution in [0, 0.1) is 13.8 Å². The number of H-pyrrole nitrogens is 2. The molecule has 0 amide bonds. The van der Waals surface area contributed by atoms with Crippen molar-refractivity contribution in [2.75, 3.05) is 19.6 Å². The highest BCUT2D eigenvalue weighted by molar-refractivity contribution is 5.60. The number of hydrogen-bond acceptors (Lipinski definition) is 5. The van der Waals surface area contributed by atoms with Crippen LogP contribution in [0.1, 0.15) is 42.1 Å². The second-order valence-corrected chi connectivity index (χ2v) is 6.94. The summed E-state index contributed by atoms with van der Waals surface area (Å²) in [5.74, 6) is 0. The first-order chi connectivity index (χ1) is 13.5. The maximum absolute atomic E-state index is 12.1. The zero-order valence-corrected chi connectivity index (χ0v) is 16.9. The highest BCUT2D eigenvalue weighted by Gasteiger charge is 2.18. The van der Waals surface area contributed by atoms with Gasteiger partial charge in [-0.25, -0.2) is 0 Å². The Morgan fingerprint density at radius 1 is 1.18 bits per heavy atom. The van der Waals surface area contributed by atoms with Crippen LogP contribution in [-0.4, -0.2) is 54.6 Å². The van der Waals surface area contributed by atoms with Crippen LogP contribution in [0.3, 0.4) is 0 Å². The number of aromatic amines is 2. The minimum atomic E-state index is -0.541. The molecular weight excluding hydrogens is 356 g/mol. The van der Waals surface area contributed by atoms with Gasteiger partial charge in [-0.1, -0.05) is 18.7 Å². The van der Waals surface area contributed by atoms with Crippen molar-refractivity contribution in [1.29, 1.82) is 0 Å². The van der Waals surface area contributed by atoms with Gasteiger partial charge in [-0.05, 0) is 44.5 Å². The van der Waals surface area contributed by atoms with Gasteiger partial charge in [0.25, 0.3) is 0 Å². The SMILES string of the molecule is CCN(CC)CCc1c(C)[nH]c(Cc2nccnc2-c2c[nH]n(O)c2=O)c1C. The summed E-state index contributed by atoms with van der Waals surface area (Å²) < 4.78 is 0. The van der Waals surface area contributed by atoms with Crippen molar-refractivity contribution >= 4 is 0 Å². The van der Waals surface area contributed by atoms with E-state index in [-0.39, 0.29) is 0 Å². The zero-order chi connectivity index (χ0) is 20.3. The Morgan fingerprint density at radius 3 is 2.54 bits per heavy atom. The molecule has 3 aromatic rings. The van der Waals surface area contributed by atoms with Crippen LogP contribution in [0.15, 0.2) is 23.4 Å². The summed E-state index contributed by atoms with van der Waals surface area (Å²) in [6.07, 6.45) is 6.15. The van der Waals surface area contributed by atoms with E-state index >= 15 is 0 Å². The minimum absolute atomic E-state index is 0.299. The molecule has 0 fully saturated rings. The predicted octanol–water partition coefficient (Wildman–Crippen LogP) is 2.29. The van der Waals surface area contributed by atoms with Crippen LogP contribution in [0.5, 0.6) is 0 Å². The first-order valence-electron chi connectivity index (χ1n) is 9.65. The Kier molecular flexibility index (Phi) is 5.99. The number of nitrogens with zero attached hydrogens (tertiary/aromatic N) is 4. The quantitative estimate of drug-likeness (QED) is 0.517. The number of aryl methyl sites for hydroxylation is 1. The van der Waals surface area contributed by atoms with E-state index in [9.17, 15) is 10.0 Å². The molecule has 8 nitrogen and oxygen atoms in total. The Balaban J connectivity index is 1.88. The predicted molar refractivity (Wildman–Crippen MR) is 108 cm³/mol. The van der Waals surface area contributed by atoms with Crippen molar-refractivity contribution in [3.63, 3.8) is 0 Å². The molecule has 3 aromatic heterocycles. The standard InChI is InChI=1S/C20H28N6O2/c1-5-25(6-2)10-7-15-13(3)17(24-14(15)4)11-18-19(22-9-8-21-18)16-12-23-26(28)20(16)27/h8-9,12,23-24,28H,5-7,10-11H2,1-4H3. The van der Waals surface area contributed by atoms with E-state index in [4.69, 9.17) is 0 Å². The molecule has 28 heavy (non-hydrogen) atoms. The van der Waals surface area contributed by atoms with Crippen LogP contribution >= 0.6 is 0 Å². The molecule has 0 saturated heterocycles. The summed E-state index contributed by atoms with van der Waals surface area (Å²) in [5.41, 5.74) is 5.75. The molecule has 3 heterocycles. The van der Waals surface area contributed by atoms with Crippen molar-refractivity contribution in [2.45, 2.75) is 40.5 Å². The topological polar surface area (TPSA) is 103 Å². The third-order valence-electron chi connectivity index (χ3n) is 5.40. The molecule has 0 atom stereocenters. The second-order valence-electron chi connectivity index (χ2n) is 6.94. The van der Waals surface area contributed by atoms with Crippen molar-refractivity contribution in [3.05, 3.63) is 57.2 Å². The monoisotopic (exact) mass is 384 g/mol. The van der Waals surface area contributed by atoms with E-state index in [0.717, 1.165) is 31.7 Å². The third-order valence-corrected chi connectivity index (χ3v) is 5.40. The molecule has 0 aromatic carbocycles. The summed E-state index contributed by atoms with van der Waals surface area (Å²) in [4.78, 5) is 27.2. The summed E-state index contributed by atoms with van der Waals surface area (Å²) in [5, 5.41) is 12.0. The lowest BCUT2D eigenvalue weighted by molar-refractivity contribution is 0.140. The Bertz CT molecular complexity index is 997. The van der Waals surface area contributed by atoms with E-state index in [1.54, 1.807) is 12.4 Å². The van der Waals surface area contributed by atoms with E-state index < -0.39 is 5.56 Å². The molecule has 0 aliphatic carbocycles. The highest BCUT2D eigenvalue weighted by Crippen LogP contribution is 2.24. The molecule has 3 rings (SSSR count). The van der Waals surface area contributed by atoms with Gasteiger partial charge < -0.3 is 15.1 Å². The number of nitrogens with one attached hydrogen (secondary N) is 2. The average molecular weight is 384 g/mol. The highest BCUT2D eigenvalue weighted by atomic mass is 16.5. The average Bonchev–Trinajstić information content (AvgIpc) is 3.16. The van der Waals surface area contributed by atoms with Gasteiger partial charge in [0.1, 0.15) is 0 Å². The molecule has 150 valence electrons. The largest absolute Gasteiger partial charge is 0.410 e. The van der Waals surface area contributed by atoms with E-state index in [1.807, 2.05) is 0 Å². The normalized spacial score (nSPS) is 11.5. The van der Waals surface area contributed by atoms with Crippen LogP contribution in [0.25, 0.3) is 11.3 Å². The maximum atomic E-state index is 12.1. The van der Waals surface area contributed by atoms with Crippen molar-refractivity contribution < 1.29 is 5.21 Å². The zero-order valence-electron chi connectivity index (χ0n) is 16.9. The molecule has 0 aliphatic rings. The number of hydrogen-bond donors (Lipinski definition) is 3. The van der Waals surface area contributed by atoms with Crippen LogP contribution < -0.4 is 5.56 Å². The molecule has 0 bridgehead atoms. The van der Waals surface area contributed by atoms with E-state index in [2.05, 4.69) is 52.6 Å². The molecule has 0 unspecified atom stereocenters. The second kappa shape index (κ2) is 8.43. The van der Waals surface area contributed by atoms with Crippen LogP contribution in [0.4, 0.5) is 0 Å². The maximum Gasteiger partial charge on any atom is 0.311 e. The molecule has 0 spiro atoms. The van der Waals surface area contributed by atoms with E-state index in [1.165, 1.54) is 23.0 Å². The third kappa shape index (κ3) is 3.87. The number of likely N-dealkylation sites (N-methyl/N-ethyl adjacent to an activating group) is 1. The van der Waals surface area contributed by atoms with Crippen molar-refractivity contribution in [1.82, 2.24) is 29.8 Å². The Labute approximate surface area is 164 Å². The lowest BCUT2D eigenvalue weighted by Crippen LogP contribution is -2.25. The molecule has 0 radical (unpaired) electrons. The first kappa shape index (κ1) is 19.9. The summed E-state index contributed by atoms with van der Waals surface area (Å²) in [6, 6.07) is 0. The van der Waals surface area contributed by atoms with Gasteiger partial charge in [0.2, 0.25) is 0 Å². The van der Waals surface area contributed by atoms with Gasteiger partial charge in [0.15, 0.2) is 0 Å². The number of aromatic nitrogens is 5. The summed E-state index contributed by atoms with van der Waals surface area (Å²) in [6.45, 7) is 11.7. The number of rotatable bonds is 8. The molecule has 0 aliphatic heterocycles. The minimum Gasteiger partial charge on any atom is -0.410 e. The van der Waals surface area contributed by atoms with E-state index in [0.29, 0.717) is 28.2 Å². The molecule has 3 N–H and O–H groups in total. The lowest BCUT2D eigenvalue weighted by Gasteiger charge is -2.18. The van der Waals surface area contributed by atoms with Crippen LogP contribution in [-0.2, 0) is 12.8 Å². The van der Waals surface area contributed by atoms with Gasteiger partial charge in [-0.3, -0.25) is 19.9 Å². The summed E-state index contributed by atoms with van der Waals surface area (Å²) in [7, 11) is 0. The summed E-state index contributed by atoms with van der Waals surface area (Å²) >= 11 is 0. The van der Waals surface area contributed by atoms with Gasteiger partial charge in [0.05, 0.1) is 17.0 Å². The molecule has 0 saturated carbocycles. The van der Waals surface area contributed by atoms with Gasteiger partial charge in [-0.2, -0.15) is 0 Å². The van der Waals surface area contributed by atoms with Gasteiger partial charge in [-0.15, -0.1) is 0 Å². The fourth-order valence-corrected chi connectivity index (χ4v) is 3.64. The Hall–Kier alpha value is -2.87. The van der Waals surface area contributed by atoms with Gasteiger partial charge >= 0.3 is 5.56 Å². The Morgan fingerprint density at radius 2 is 1.89 bits per heavy atom. The van der Waals surface area contributed by atoms with Crippen molar-refractivity contribution in [2.24, 2.45) is 0 Å². The van der Waals surface area contributed by atoms with Crippen LogP contribution in [0.2, 0.25) is 0 Å². The fraction of sp³-hybridized carbons (Fsp3) is 0.450.